The summed E-state index contributed by atoms with van der Waals surface area (Å²) in [7, 11) is 8.58. The van der Waals surface area contributed by atoms with Crippen molar-refractivity contribution < 1.29 is 43.5 Å². The van der Waals surface area contributed by atoms with Crippen LogP contribution in [0.15, 0.2) is 122 Å². The Bertz CT molecular complexity index is 4910. The summed E-state index contributed by atoms with van der Waals surface area (Å²) in [6.45, 7) is 39.5. The molecule has 0 aliphatic carbocycles. The zero-order chi connectivity index (χ0) is 98.1. The summed E-state index contributed by atoms with van der Waals surface area (Å²) >= 11 is 0. The van der Waals surface area contributed by atoms with Crippen LogP contribution in [0.2, 0.25) is 0 Å². The number of likely N-dealkylation sites (tertiary alicyclic amines) is 3. The molecule has 35 heteroatoms. The van der Waals surface area contributed by atoms with E-state index in [9.17, 15) is 38.4 Å². The van der Waals surface area contributed by atoms with Gasteiger partial charge in [0.2, 0.25) is 0 Å². The van der Waals surface area contributed by atoms with E-state index in [1.54, 1.807) is 39.1 Å². The lowest BCUT2D eigenvalue weighted by Gasteiger charge is -2.38. The van der Waals surface area contributed by atoms with Gasteiger partial charge in [-0.05, 0) is 242 Å². The summed E-state index contributed by atoms with van der Waals surface area (Å²) in [6.07, 6.45) is 24.7. The highest BCUT2D eigenvalue weighted by Crippen LogP contribution is 2.39. The van der Waals surface area contributed by atoms with Crippen LogP contribution in [0.25, 0.3) is 0 Å². The van der Waals surface area contributed by atoms with E-state index in [-0.39, 0.29) is 18.1 Å². The number of carboxylic acids is 1. The van der Waals surface area contributed by atoms with Gasteiger partial charge in [0.15, 0.2) is 0 Å². The third-order valence-corrected chi connectivity index (χ3v) is 27.6. The van der Waals surface area contributed by atoms with Gasteiger partial charge < -0.3 is 97.1 Å². The van der Waals surface area contributed by atoms with Crippen molar-refractivity contribution in [3.8, 4) is 0 Å². The van der Waals surface area contributed by atoms with E-state index in [1.807, 2.05) is 84.4 Å². The molecule has 35 nitrogen and oxygen atoms in total. The van der Waals surface area contributed by atoms with Crippen molar-refractivity contribution in [3.63, 3.8) is 0 Å². The van der Waals surface area contributed by atoms with Gasteiger partial charge in [0.25, 0.3) is 0 Å². The molecule has 8 atom stereocenters. The van der Waals surface area contributed by atoms with Gasteiger partial charge in [-0.15, -0.1) is 0 Å². The van der Waals surface area contributed by atoms with Gasteiger partial charge in [-0.3, -0.25) is 43.5 Å². The number of piperazine rings is 4. The van der Waals surface area contributed by atoms with E-state index in [1.165, 1.54) is 37.0 Å². The highest BCUT2D eigenvalue weighted by Gasteiger charge is 2.39. The van der Waals surface area contributed by atoms with Gasteiger partial charge in [0, 0.05) is 167 Å². The quantitative estimate of drug-likeness (QED) is 0.0417. The fraction of sp³-hybridized carbons (Fsp3) is 0.529. The monoisotopic (exact) mass is 1880 g/mol. The standard InChI is InChI=1S/C26H36N6O2.2C25H35N7O2.C16H26N4.C10H12N2O3/c1-5-20-14-22(16-27-19(20)3)29-25(33)26(34)32-17-18(2)6-8-23(32)21-7-9-24(28-15-21)31-12-10-30(4)11-13-31;2*1-4-18-13-20(15-28-23(18)26)29-24(33)25(34)32-16-17(2)5-7-21(32)19-6-8-22(27-14-19)31-11-9-30(3)10-12-31;1-13-3-5-15(17-11-13)14-4-6-16(18-12-14)20-9-7-19(2)8-10-20;1-3-7-4-8(5-11-6(7)2)12-9(13)10(14)15/h7,9,14-16,18,23H,5-6,8,10-13,17H2,1-4H3,(H,29,33);2*6,8,13-15,17,21H,4-5,7,9-12,16H2,1-3H3,(H2,26,28)(H,29,33);4,6,12-13,15,17H,3,5,7-11H2,1-2H3;4-5H,3H2,1-2H3,(H,12,13)(H,14,15)/t18-,23?;17-,21?;17-,21+;13-,15?;/m0000./s1. The van der Waals surface area contributed by atoms with E-state index in [0.717, 1.165) is 242 Å². The second-order valence-electron chi connectivity index (χ2n) is 38.1. The van der Waals surface area contributed by atoms with E-state index in [0.29, 0.717) is 90.7 Å². The van der Waals surface area contributed by atoms with Gasteiger partial charge in [0.05, 0.1) is 65.7 Å². The Morgan fingerprint density at radius 2 is 0.613 bits per heavy atom. The fourth-order valence-electron chi connectivity index (χ4n) is 18.6. The summed E-state index contributed by atoms with van der Waals surface area (Å²) in [5.41, 5.74) is 23.4. The molecule has 3 unspecified atom stereocenters. The van der Waals surface area contributed by atoms with E-state index in [4.69, 9.17) is 31.5 Å². The number of aryl methyl sites for hydroxylation is 6. The molecular formula is C102H144N26O9. The molecule has 0 spiro atoms. The highest BCUT2D eigenvalue weighted by atomic mass is 16.4. The summed E-state index contributed by atoms with van der Waals surface area (Å²) in [4.78, 5) is 159. The maximum atomic E-state index is 13.3. The number of piperidine rings is 4. The maximum Gasteiger partial charge on any atom is 0.394 e. The van der Waals surface area contributed by atoms with Crippen molar-refractivity contribution >= 4 is 105 Å². The number of likely N-dealkylation sites (N-methyl/N-ethyl adjacent to an activating group) is 4. The minimum atomic E-state index is -1.51. The highest BCUT2D eigenvalue weighted by molar-refractivity contribution is 6.41. The van der Waals surface area contributed by atoms with Crippen LogP contribution in [0.3, 0.4) is 0 Å². The number of pyridine rings is 8. The van der Waals surface area contributed by atoms with Gasteiger partial charge in [-0.25, -0.2) is 34.7 Å². The number of hydrogen-bond donors (Lipinski definition) is 8. The topological polar surface area (TPSA) is 408 Å². The lowest BCUT2D eigenvalue weighted by atomic mass is 9.90. The zero-order valence-corrected chi connectivity index (χ0v) is 82.7. The molecule has 8 aromatic rings. The third kappa shape index (κ3) is 28.6. The van der Waals surface area contributed by atoms with E-state index < -0.39 is 47.3 Å². The first kappa shape index (κ1) is 103. The summed E-state index contributed by atoms with van der Waals surface area (Å²) in [6, 6.07) is 23.9. The molecule has 7 amide bonds. The minimum absolute atomic E-state index is 0.147. The SMILES string of the molecule is CCc1cc(NC(=O)C(=O)N2C[C@@H](C)CCC2c2ccc(N3CCN(C)CC3)nc2)cnc1C.CCc1cc(NC(=O)C(=O)N2C[C@@H](C)CCC2c2ccc(N3CCN(C)CC3)nc2)cnc1N.CCc1cc(NC(=O)C(=O)N2C[C@@H](C)CC[C@@H]2c2ccc(N3CCN(C)CC3)nc2)cnc1N.CCc1cc(NC(=O)C(=O)O)cnc1C.C[C@H]1CCC(c2ccc(N3CCN(C)CC3)nc2)NC1. The Labute approximate surface area is 807 Å². The van der Waals surface area contributed by atoms with Crippen LogP contribution in [0, 0.1) is 37.5 Å². The van der Waals surface area contributed by atoms with Crippen LogP contribution in [-0.4, -0.2) is 286 Å². The number of hydrogen-bond acceptors (Lipinski definition) is 27. The first-order chi connectivity index (χ1) is 65.8. The summed E-state index contributed by atoms with van der Waals surface area (Å²) in [5, 5.41) is 22.4. The number of amides is 7. The Kier molecular flexibility index (Phi) is 37.4. The number of anilines is 10. The molecule has 0 saturated carbocycles. The molecule has 736 valence electrons. The number of carboxylic acid groups (broad SMARTS) is 1. The number of aromatic nitrogens is 8. The van der Waals surface area contributed by atoms with Crippen molar-refractivity contribution in [1.29, 1.82) is 0 Å². The second kappa shape index (κ2) is 49.5. The number of nitrogen functional groups attached to an aromatic ring is 2. The predicted molar refractivity (Wildman–Crippen MR) is 538 cm³/mol. The number of carbonyl (C=O) groups is 8. The van der Waals surface area contributed by atoms with Gasteiger partial charge in [-0.2, -0.15) is 0 Å². The molecule has 8 fully saturated rings. The normalized spacial score (nSPS) is 21.2. The lowest BCUT2D eigenvalue weighted by Crippen LogP contribution is -2.46. The molecule has 0 bridgehead atoms. The summed E-state index contributed by atoms with van der Waals surface area (Å²) < 4.78 is 0. The van der Waals surface area contributed by atoms with Gasteiger partial charge in [0.1, 0.15) is 34.9 Å². The number of rotatable bonds is 16. The number of aliphatic carboxylic acids is 1. The first-order valence-corrected chi connectivity index (χ1v) is 48.9. The van der Waals surface area contributed by atoms with Crippen LogP contribution in [0.1, 0.15) is 187 Å². The zero-order valence-electron chi connectivity index (χ0n) is 82.7. The fourth-order valence-corrected chi connectivity index (χ4v) is 18.6. The molecule has 0 aromatic carbocycles. The van der Waals surface area contributed by atoms with Crippen LogP contribution in [0.4, 0.5) is 57.7 Å². The lowest BCUT2D eigenvalue weighted by molar-refractivity contribution is -0.147. The number of carbonyl (C=O) groups excluding carboxylic acids is 7. The third-order valence-electron chi connectivity index (χ3n) is 27.6. The molecular weight excluding hydrogens is 1730 g/mol. The largest absolute Gasteiger partial charge is 0.474 e. The molecule has 8 aliphatic heterocycles. The molecule has 137 heavy (non-hydrogen) atoms. The van der Waals surface area contributed by atoms with Gasteiger partial charge in [-0.1, -0.05) is 79.7 Å². The Morgan fingerprint density at radius 1 is 0.343 bits per heavy atom. The molecule has 10 N–H and O–H groups in total. The van der Waals surface area contributed by atoms with Crippen molar-refractivity contribution in [3.05, 3.63) is 178 Å². The van der Waals surface area contributed by atoms with E-state index >= 15 is 0 Å². The Hall–Kier alpha value is -12.4. The predicted octanol–water partition coefficient (Wildman–Crippen LogP) is 10.5. The maximum absolute atomic E-state index is 13.3. The number of nitrogens with one attached hydrogen (secondary N) is 5. The van der Waals surface area contributed by atoms with Crippen molar-refractivity contribution in [2.75, 3.05) is 211 Å². The van der Waals surface area contributed by atoms with Crippen LogP contribution in [0.5, 0.6) is 0 Å². The van der Waals surface area contributed by atoms with Crippen molar-refractivity contribution in [2.24, 2.45) is 23.7 Å². The molecule has 16 rings (SSSR count). The minimum Gasteiger partial charge on any atom is -0.474 e. The molecule has 0 radical (unpaired) electrons. The van der Waals surface area contributed by atoms with Crippen LogP contribution in [-0.2, 0) is 64.0 Å². The molecule has 16 heterocycles. The second-order valence-corrected chi connectivity index (χ2v) is 38.1. The van der Waals surface area contributed by atoms with Crippen molar-refractivity contribution in [1.82, 2.24) is 79.5 Å². The van der Waals surface area contributed by atoms with Crippen molar-refractivity contribution in [2.45, 2.75) is 170 Å². The number of nitrogens with zero attached hydrogens (tertiary/aromatic N) is 19. The molecule has 8 saturated heterocycles. The molecule has 8 aliphatic rings. The Morgan fingerprint density at radius 3 is 0.876 bits per heavy atom. The Balaban J connectivity index is 0.000000158. The average molecular weight is 1880 g/mol. The van der Waals surface area contributed by atoms with Crippen LogP contribution < -0.4 is 57.7 Å². The van der Waals surface area contributed by atoms with Crippen LogP contribution >= 0.6 is 0 Å². The van der Waals surface area contributed by atoms with Gasteiger partial charge >= 0.3 is 47.3 Å². The smallest absolute Gasteiger partial charge is 0.394 e. The summed E-state index contributed by atoms with van der Waals surface area (Å²) in [5.74, 6) is 0.637. The average Bonchev–Trinajstić information content (AvgIpc) is 0.807. The number of nitrogens with two attached hydrogens (primary N) is 2. The first-order valence-electron chi connectivity index (χ1n) is 48.9. The molecule has 8 aromatic heterocycles. The van der Waals surface area contributed by atoms with E-state index in [2.05, 4.69) is 183 Å².